The maximum atomic E-state index is 11.5. The molecule has 0 aromatic carbocycles. The van der Waals surface area contributed by atoms with E-state index in [0.717, 1.165) is 0 Å². The van der Waals surface area contributed by atoms with Gasteiger partial charge in [-0.1, -0.05) is 0 Å². The molecule has 0 aromatic rings. The molecule has 1 heterocycles. The molecule has 1 saturated heterocycles. The molecule has 0 aromatic heterocycles. The Morgan fingerprint density at radius 3 is 2.53 bits per heavy atom. The Labute approximate surface area is 102 Å². The van der Waals surface area contributed by atoms with Crippen molar-refractivity contribution in [2.45, 2.75) is 44.9 Å². The maximum Gasteiger partial charge on any atom is 0.407 e. The summed E-state index contributed by atoms with van der Waals surface area (Å²) < 4.78 is 27.9. The summed E-state index contributed by atoms with van der Waals surface area (Å²) in [7, 11) is -3.10. The lowest BCUT2D eigenvalue weighted by Crippen LogP contribution is -2.55. The van der Waals surface area contributed by atoms with Crippen LogP contribution in [0.2, 0.25) is 0 Å². The van der Waals surface area contributed by atoms with Gasteiger partial charge >= 0.3 is 6.09 Å². The summed E-state index contributed by atoms with van der Waals surface area (Å²) in [5, 5.41) is 2.52. The summed E-state index contributed by atoms with van der Waals surface area (Å²) in [5.74, 6) is -0.0337. The first-order chi connectivity index (χ1) is 7.59. The topological polar surface area (TPSA) is 98.5 Å². The summed E-state index contributed by atoms with van der Waals surface area (Å²) in [4.78, 5) is 11.5. The van der Waals surface area contributed by atoms with Crippen LogP contribution in [0, 0.1) is 0 Å². The van der Waals surface area contributed by atoms with Gasteiger partial charge in [-0.3, -0.25) is 0 Å². The quantitative estimate of drug-likeness (QED) is 0.696. The van der Waals surface area contributed by atoms with Crippen molar-refractivity contribution in [3.8, 4) is 0 Å². The minimum atomic E-state index is -3.10. The molecule has 7 heteroatoms. The molecule has 1 amide bonds. The highest BCUT2D eigenvalue weighted by atomic mass is 32.2. The molecular formula is C10H20N2O4S. The van der Waals surface area contributed by atoms with Crippen LogP contribution >= 0.6 is 0 Å². The fraction of sp³-hybridized carbons (Fsp3) is 0.900. The molecule has 1 aliphatic rings. The van der Waals surface area contributed by atoms with Crippen molar-refractivity contribution >= 4 is 15.9 Å². The lowest BCUT2D eigenvalue weighted by atomic mass is 10.1. The van der Waals surface area contributed by atoms with Gasteiger partial charge < -0.3 is 15.8 Å². The van der Waals surface area contributed by atoms with E-state index in [2.05, 4.69) is 5.32 Å². The van der Waals surface area contributed by atoms with Crippen LogP contribution in [0.5, 0.6) is 0 Å². The van der Waals surface area contributed by atoms with Crippen LogP contribution < -0.4 is 11.1 Å². The number of nitrogens with two attached hydrogens (primary N) is 1. The number of ether oxygens (including phenoxy) is 1. The van der Waals surface area contributed by atoms with Crippen molar-refractivity contribution in [3.63, 3.8) is 0 Å². The minimum absolute atomic E-state index is 0.0840. The van der Waals surface area contributed by atoms with Crippen LogP contribution in [0.15, 0.2) is 0 Å². The Morgan fingerprint density at radius 2 is 2.00 bits per heavy atom. The summed E-state index contributed by atoms with van der Waals surface area (Å²) in [5.41, 5.74) is 5.17. The summed E-state index contributed by atoms with van der Waals surface area (Å²) in [6.07, 6.45) is -0.266. The highest BCUT2D eigenvalue weighted by Gasteiger charge is 2.32. The third kappa shape index (κ3) is 4.91. The molecule has 0 spiro atoms. The lowest BCUT2D eigenvalue weighted by Gasteiger charge is -2.30. The van der Waals surface area contributed by atoms with E-state index in [0.29, 0.717) is 6.42 Å². The molecule has 100 valence electrons. The van der Waals surface area contributed by atoms with Crippen molar-refractivity contribution in [1.82, 2.24) is 5.32 Å². The fourth-order valence-electron chi connectivity index (χ4n) is 1.60. The lowest BCUT2D eigenvalue weighted by molar-refractivity contribution is 0.0501. The van der Waals surface area contributed by atoms with Crippen LogP contribution in [0.3, 0.4) is 0 Å². The molecule has 2 unspecified atom stereocenters. The molecule has 1 fully saturated rings. The van der Waals surface area contributed by atoms with Crippen molar-refractivity contribution < 1.29 is 17.9 Å². The molecule has 2 atom stereocenters. The monoisotopic (exact) mass is 264 g/mol. The van der Waals surface area contributed by atoms with E-state index in [-0.39, 0.29) is 17.5 Å². The number of hydrogen-bond acceptors (Lipinski definition) is 5. The van der Waals surface area contributed by atoms with Crippen molar-refractivity contribution in [1.29, 1.82) is 0 Å². The number of rotatable bonds is 1. The summed E-state index contributed by atoms with van der Waals surface area (Å²) >= 11 is 0. The molecule has 0 radical (unpaired) electrons. The molecule has 3 N–H and O–H groups in total. The van der Waals surface area contributed by atoms with E-state index in [1.54, 1.807) is 20.8 Å². The van der Waals surface area contributed by atoms with Crippen LogP contribution in [-0.2, 0) is 14.6 Å². The number of hydrogen-bond donors (Lipinski definition) is 2. The Bertz CT molecular complexity index is 386. The second-order valence-electron chi connectivity index (χ2n) is 5.32. The fourth-order valence-corrected chi connectivity index (χ4v) is 3.28. The number of nitrogens with one attached hydrogen (secondary N) is 1. The molecule has 1 aliphatic heterocycles. The molecule has 1 rings (SSSR count). The first-order valence-electron chi connectivity index (χ1n) is 5.54. The van der Waals surface area contributed by atoms with Gasteiger partial charge in [0.05, 0.1) is 17.5 Å². The third-order valence-corrected chi connectivity index (χ3v) is 4.14. The largest absolute Gasteiger partial charge is 0.444 e. The number of sulfone groups is 1. The normalized spacial score (nSPS) is 28.5. The molecule has 0 bridgehead atoms. The van der Waals surface area contributed by atoms with E-state index < -0.39 is 27.6 Å². The van der Waals surface area contributed by atoms with E-state index >= 15 is 0 Å². The zero-order valence-electron chi connectivity index (χ0n) is 10.4. The minimum Gasteiger partial charge on any atom is -0.444 e. The first kappa shape index (κ1) is 14.2. The zero-order valence-corrected chi connectivity index (χ0v) is 11.2. The molecule has 0 saturated carbocycles. The average Bonchev–Trinajstić information content (AvgIpc) is 2.07. The summed E-state index contributed by atoms with van der Waals surface area (Å²) in [6, 6.07) is -0.908. The van der Waals surface area contributed by atoms with Gasteiger partial charge in [0.25, 0.3) is 0 Å². The number of amides is 1. The number of carbonyl (C=O) groups is 1. The highest BCUT2D eigenvalue weighted by Crippen LogP contribution is 2.13. The zero-order chi connectivity index (χ0) is 13.3. The number of alkyl carbamates (subject to hydrolysis) is 1. The highest BCUT2D eigenvalue weighted by molar-refractivity contribution is 7.91. The van der Waals surface area contributed by atoms with Crippen LogP contribution in [0.1, 0.15) is 27.2 Å². The second-order valence-corrected chi connectivity index (χ2v) is 7.55. The van der Waals surface area contributed by atoms with Crippen LogP contribution in [0.25, 0.3) is 0 Å². The van der Waals surface area contributed by atoms with Crippen LogP contribution in [-0.4, -0.2) is 43.7 Å². The maximum absolute atomic E-state index is 11.5. The van der Waals surface area contributed by atoms with Crippen molar-refractivity contribution in [3.05, 3.63) is 0 Å². The van der Waals surface area contributed by atoms with Crippen molar-refractivity contribution in [2.24, 2.45) is 5.73 Å². The van der Waals surface area contributed by atoms with Gasteiger partial charge in [-0.15, -0.1) is 0 Å². The van der Waals surface area contributed by atoms with E-state index in [1.165, 1.54) is 0 Å². The molecular weight excluding hydrogens is 244 g/mol. The van der Waals surface area contributed by atoms with Gasteiger partial charge in [-0.2, -0.15) is 0 Å². The Balaban J connectivity index is 2.58. The Morgan fingerprint density at radius 1 is 1.41 bits per heavy atom. The number of carbonyl (C=O) groups excluding carboxylic acids is 1. The standard InChI is InChI=1S/C10H20N2O4S/c1-10(2,3)16-9(13)12-8-6-17(14,15)5-4-7(8)11/h7-8H,4-6,11H2,1-3H3,(H,12,13). The van der Waals surface area contributed by atoms with E-state index in [9.17, 15) is 13.2 Å². The average molecular weight is 264 g/mol. The van der Waals surface area contributed by atoms with E-state index in [4.69, 9.17) is 10.5 Å². The van der Waals surface area contributed by atoms with Gasteiger partial charge in [0.2, 0.25) is 0 Å². The van der Waals surface area contributed by atoms with Gasteiger partial charge in [0.1, 0.15) is 5.60 Å². The second kappa shape index (κ2) is 4.81. The molecule has 0 aliphatic carbocycles. The Kier molecular flexibility index (Phi) is 4.03. The van der Waals surface area contributed by atoms with Gasteiger partial charge in [0.15, 0.2) is 9.84 Å². The first-order valence-corrected chi connectivity index (χ1v) is 7.37. The van der Waals surface area contributed by atoms with Crippen molar-refractivity contribution in [2.75, 3.05) is 11.5 Å². The van der Waals surface area contributed by atoms with Gasteiger partial charge in [-0.25, -0.2) is 13.2 Å². The van der Waals surface area contributed by atoms with E-state index in [1.807, 2.05) is 0 Å². The molecule has 6 nitrogen and oxygen atoms in total. The van der Waals surface area contributed by atoms with Gasteiger partial charge in [0, 0.05) is 6.04 Å². The Hall–Kier alpha value is -0.820. The summed E-state index contributed by atoms with van der Waals surface area (Å²) in [6.45, 7) is 5.22. The smallest absolute Gasteiger partial charge is 0.407 e. The van der Waals surface area contributed by atoms with Crippen LogP contribution in [0.4, 0.5) is 4.79 Å². The SMILES string of the molecule is CC(C)(C)OC(=O)NC1CS(=O)(=O)CCC1N. The molecule has 17 heavy (non-hydrogen) atoms. The van der Waals surface area contributed by atoms with Gasteiger partial charge in [-0.05, 0) is 27.2 Å². The predicted molar refractivity (Wildman–Crippen MR) is 64.4 cm³/mol. The predicted octanol–water partition coefficient (Wildman–Crippen LogP) is 0.0255. The third-order valence-electron chi connectivity index (χ3n) is 2.41.